The third-order valence-corrected chi connectivity index (χ3v) is 6.13. The Morgan fingerprint density at radius 3 is 1.85 bits per heavy atom. The van der Waals surface area contributed by atoms with Crippen molar-refractivity contribution in [2.24, 2.45) is 5.92 Å². The van der Waals surface area contributed by atoms with E-state index in [1.54, 1.807) is 0 Å². The van der Waals surface area contributed by atoms with Crippen molar-refractivity contribution in [1.82, 2.24) is 4.90 Å². The van der Waals surface area contributed by atoms with Crippen LogP contribution in [0.25, 0.3) is 0 Å². The van der Waals surface area contributed by atoms with Crippen LogP contribution in [0.5, 0.6) is 0 Å². The van der Waals surface area contributed by atoms with Crippen molar-refractivity contribution < 1.29 is 31.1 Å². The fourth-order valence-corrected chi connectivity index (χ4v) is 4.33. The van der Waals surface area contributed by atoms with Crippen molar-refractivity contribution in [1.29, 1.82) is 0 Å². The molecule has 0 amide bonds. The summed E-state index contributed by atoms with van der Waals surface area (Å²) in [5.41, 5.74) is -0.201. The highest BCUT2D eigenvalue weighted by Crippen LogP contribution is 2.41. The van der Waals surface area contributed by atoms with Crippen LogP contribution in [0, 0.1) is 5.92 Å². The molecule has 1 aliphatic rings. The molecule has 0 N–H and O–H groups in total. The number of carbonyl (C=O) groups is 1. The molecular formula is C25H27F6NO. The van der Waals surface area contributed by atoms with Crippen molar-refractivity contribution in [2.75, 3.05) is 6.54 Å². The Kier molecular flexibility index (Phi) is 7.56. The molecule has 8 heteroatoms. The van der Waals surface area contributed by atoms with Crippen molar-refractivity contribution in [3.8, 4) is 0 Å². The van der Waals surface area contributed by atoms with E-state index in [9.17, 15) is 31.1 Å². The normalized spacial score (nSPS) is 19.2. The van der Waals surface area contributed by atoms with Gasteiger partial charge in [-0.3, -0.25) is 9.69 Å². The van der Waals surface area contributed by atoms with Crippen LogP contribution in [0.15, 0.2) is 48.5 Å². The zero-order valence-corrected chi connectivity index (χ0v) is 18.5. The van der Waals surface area contributed by atoms with Crippen LogP contribution in [0.4, 0.5) is 26.3 Å². The Bertz CT molecular complexity index is 931. The highest BCUT2D eigenvalue weighted by Gasteiger charge is 2.36. The van der Waals surface area contributed by atoms with Gasteiger partial charge in [0.25, 0.3) is 0 Å². The second kappa shape index (κ2) is 9.87. The van der Waals surface area contributed by atoms with Gasteiger partial charge in [-0.15, -0.1) is 0 Å². The number of ketones is 1. The second-order valence-corrected chi connectivity index (χ2v) is 8.97. The number of alkyl halides is 6. The van der Waals surface area contributed by atoms with Gasteiger partial charge in [-0.1, -0.05) is 38.1 Å². The number of benzene rings is 2. The van der Waals surface area contributed by atoms with Gasteiger partial charge in [0.05, 0.1) is 11.1 Å². The maximum absolute atomic E-state index is 13.0. The molecule has 1 saturated heterocycles. The number of rotatable bonds is 6. The molecule has 2 aromatic carbocycles. The van der Waals surface area contributed by atoms with E-state index in [1.165, 1.54) is 24.3 Å². The third kappa shape index (κ3) is 6.37. The number of hydrogen-bond donors (Lipinski definition) is 0. The number of hydrogen-bond acceptors (Lipinski definition) is 2. The van der Waals surface area contributed by atoms with Crippen LogP contribution in [-0.2, 0) is 17.1 Å². The van der Waals surface area contributed by atoms with E-state index < -0.39 is 29.5 Å². The number of halogens is 6. The largest absolute Gasteiger partial charge is 0.416 e. The SMILES string of the molecule is CC(C)CC[C@H](c1ccc(C(F)(F)F)cc1)N1CCC(=O)CC1c1ccc(C(F)(F)F)cc1. The Morgan fingerprint density at radius 1 is 0.848 bits per heavy atom. The Balaban J connectivity index is 1.96. The second-order valence-electron chi connectivity index (χ2n) is 8.97. The van der Waals surface area contributed by atoms with Gasteiger partial charge in [-0.05, 0) is 54.2 Å². The molecule has 2 atom stereocenters. The highest BCUT2D eigenvalue weighted by atomic mass is 19.4. The van der Waals surface area contributed by atoms with Crippen LogP contribution in [0.2, 0.25) is 0 Å². The smallest absolute Gasteiger partial charge is 0.300 e. The minimum absolute atomic E-state index is 0.0196. The average Bonchev–Trinajstić information content (AvgIpc) is 2.73. The summed E-state index contributed by atoms with van der Waals surface area (Å²) in [5, 5.41) is 0. The molecule has 2 nitrogen and oxygen atoms in total. The lowest BCUT2D eigenvalue weighted by Crippen LogP contribution is -2.40. The first-order valence-corrected chi connectivity index (χ1v) is 11.0. The lowest BCUT2D eigenvalue weighted by Gasteiger charge is -2.41. The van der Waals surface area contributed by atoms with E-state index >= 15 is 0 Å². The van der Waals surface area contributed by atoms with Gasteiger partial charge >= 0.3 is 12.4 Å². The van der Waals surface area contributed by atoms with Crippen LogP contribution < -0.4 is 0 Å². The maximum Gasteiger partial charge on any atom is 0.416 e. The molecule has 0 radical (unpaired) electrons. The zero-order valence-electron chi connectivity index (χ0n) is 18.5. The van der Waals surface area contributed by atoms with E-state index in [0.717, 1.165) is 30.7 Å². The molecule has 33 heavy (non-hydrogen) atoms. The van der Waals surface area contributed by atoms with E-state index in [-0.39, 0.29) is 18.2 Å². The molecule has 0 spiro atoms. The summed E-state index contributed by atoms with van der Waals surface area (Å²) in [6, 6.07) is 9.16. The molecule has 0 bridgehead atoms. The van der Waals surface area contributed by atoms with Crippen LogP contribution >= 0.6 is 0 Å². The predicted molar refractivity (Wildman–Crippen MR) is 113 cm³/mol. The van der Waals surface area contributed by atoms with Crippen molar-refractivity contribution in [3.05, 3.63) is 70.8 Å². The number of Topliss-reactive ketones (excluding diaryl/α,β-unsaturated/α-hetero) is 1. The Labute approximate surface area is 189 Å². The Hall–Kier alpha value is -2.35. The van der Waals surface area contributed by atoms with Gasteiger partial charge in [-0.2, -0.15) is 26.3 Å². The van der Waals surface area contributed by atoms with Crippen molar-refractivity contribution >= 4 is 5.78 Å². The number of carbonyl (C=O) groups excluding carboxylic acids is 1. The van der Waals surface area contributed by atoms with Gasteiger partial charge in [0.15, 0.2) is 0 Å². The summed E-state index contributed by atoms with van der Waals surface area (Å²) < 4.78 is 78.1. The summed E-state index contributed by atoms with van der Waals surface area (Å²) in [5.74, 6) is 0.379. The summed E-state index contributed by atoms with van der Waals surface area (Å²) in [6.07, 6.45) is -6.96. The summed E-state index contributed by atoms with van der Waals surface area (Å²) in [6.45, 7) is 4.50. The molecule has 0 saturated carbocycles. The van der Waals surface area contributed by atoms with Crippen molar-refractivity contribution in [3.63, 3.8) is 0 Å². The minimum Gasteiger partial charge on any atom is -0.300 e. The molecular weight excluding hydrogens is 444 g/mol. The monoisotopic (exact) mass is 471 g/mol. The number of piperidine rings is 1. The van der Waals surface area contributed by atoms with Gasteiger partial charge < -0.3 is 0 Å². The summed E-state index contributed by atoms with van der Waals surface area (Å²) >= 11 is 0. The van der Waals surface area contributed by atoms with E-state index in [2.05, 4.69) is 18.7 Å². The molecule has 1 fully saturated rings. The highest BCUT2D eigenvalue weighted by molar-refractivity contribution is 5.80. The Morgan fingerprint density at radius 2 is 1.36 bits per heavy atom. The van der Waals surface area contributed by atoms with E-state index in [1.807, 2.05) is 0 Å². The van der Waals surface area contributed by atoms with Crippen LogP contribution in [0.1, 0.15) is 73.9 Å². The quantitative estimate of drug-likeness (QED) is 0.404. The van der Waals surface area contributed by atoms with E-state index in [4.69, 9.17) is 0 Å². The fourth-order valence-electron chi connectivity index (χ4n) is 4.33. The average molecular weight is 471 g/mol. The molecule has 1 heterocycles. The topological polar surface area (TPSA) is 20.3 Å². The molecule has 0 aliphatic carbocycles. The van der Waals surface area contributed by atoms with Gasteiger partial charge in [0, 0.05) is 31.5 Å². The first-order chi connectivity index (χ1) is 15.4. The summed E-state index contributed by atoms with van der Waals surface area (Å²) in [7, 11) is 0. The lowest BCUT2D eigenvalue weighted by atomic mass is 9.88. The first kappa shape index (κ1) is 25.3. The fraction of sp³-hybridized carbons (Fsp3) is 0.480. The van der Waals surface area contributed by atoms with Gasteiger partial charge in [0.2, 0.25) is 0 Å². The molecule has 2 aromatic rings. The molecule has 3 rings (SSSR count). The third-order valence-electron chi connectivity index (χ3n) is 6.13. The predicted octanol–water partition coefficient (Wildman–Crippen LogP) is 7.61. The molecule has 1 unspecified atom stereocenters. The van der Waals surface area contributed by atoms with Crippen LogP contribution in [-0.4, -0.2) is 17.2 Å². The zero-order chi connectivity index (χ0) is 24.4. The molecule has 0 aromatic heterocycles. The lowest BCUT2D eigenvalue weighted by molar-refractivity contribution is -0.138. The first-order valence-electron chi connectivity index (χ1n) is 11.0. The van der Waals surface area contributed by atoms with E-state index in [0.29, 0.717) is 36.4 Å². The molecule has 1 aliphatic heterocycles. The number of likely N-dealkylation sites (tertiary alicyclic amines) is 1. The van der Waals surface area contributed by atoms with Gasteiger partial charge in [0.1, 0.15) is 5.78 Å². The maximum atomic E-state index is 13.0. The molecule has 180 valence electrons. The van der Waals surface area contributed by atoms with Crippen molar-refractivity contribution in [2.45, 2.75) is 64.0 Å². The number of nitrogens with zero attached hydrogens (tertiary/aromatic N) is 1. The van der Waals surface area contributed by atoms with Gasteiger partial charge in [-0.25, -0.2) is 0 Å². The summed E-state index contributed by atoms with van der Waals surface area (Å²) in [4.78, 5) is 14.3. The minimum atomic E-state index is -4.46. The standard InChI is InChI=1S/C25H27F6NO/c1-16(2)3-12-22(17-4-8-19(9-5-17)24(26,27)28)32-14-13-21(33)15-23(32)18-6-10-20(11-7-18)25(29,30)31/h4-11,16,22-23H,3,12-15H2,1-2H3/t22-,23?/m1/s1. The van der Waals surface area contributed by atoms with Crippen LogP contribution in [0.3, 0.4) is 0 Å².